The molecule has 0 fully saturated rings. The molecule has 0 unspecified atom stereocenters. The minimum Gasteiger partial charge on any atom is -0.346 e. The minimum atomic E-state index is 0.795. The molecule has 3 nitrogen and oxygen atoms in total. The molecule has 4 aromatic rings. The molecular formula is C23H21N3S. The second kappa shape index (κ2) is 8.14. The number of benzene rings is 2. The summed E-state index contributed by atoms with van der Waals surface area (Å²) in [7, 11) is 0. The molecule has 134 valence electrons. The Balaban J connectivity index is 1.67. The molecule has 2 aromatic carbocycles. The van der Waals surface area contributed by atoms with Gasteiger partial charge in [0.2, 0.25) is 0 Å². The van der Waals surface area contributed by atoms with Gasteiger partial charge in [0.1, 0.15) is 5.69 Å². The molecule has 0 radical (unpaired) electrons. The summed E-state index contributed by atoms with van der Waals surface area (Å²) in [6.07, 6.45) is 0. The van der Waals surface area contributed by atoms with Gasteiger partial charge in [0, 0.05) is 13.1 Å². The van der Waals surface area contributed by atoms with Crippen molar-refractivity contribution in [1.29, 1.82) is 0 Å². The van der Waals surface area contributed by atoms with Crippen LogP contribution in [0.3, 0.4) is 0 Å². The van der Waals surface area contributed by atoms with E-state index in [4.69, 9.17) is 0 Å². The summed E-state index contributed by atoms with van der Waals surface area (Å²) < 4.78 is 0. The van der Waals surface area contributed by atoms with E-state index < -0.39 is 0 Å². The third kappa shape index (κ3) is 4.23. The molecule has 0 bridgehead atoms. The van der Waals surface area contributed by atoms with Crippen molar-refractivity contribution in [3.05, 3.63) is 101 Å². The van der Waals surface area contributed by atoms with Gasteiger partial charge in [-0.3, -0.25) is 0 Å². The Labute approximate surface area is 164 Å². The summed E-state index contributed by atoms with van der Waals surface area (Å²) in [6.45, 7) is 3.71. The van der Waals surface area contributed by atoms with Crippen molar-refractivity contribution < 1.29 is 0 Å². The fourth-order valence-electron chi connectivity index (χ4n) is 3.15. The van der Waals surface area contributed by atoms with Gasteiger partial charge >= 0.3 is 0 Å². The Morgan fingerprint density at radius 3 is 1.93 bits per heavy atom. The van der Waals surface area contributed by atoms with Crippen LogP contribution in [0.4, 0.5) is 5.82 Å². The summed E-state index contributed by atoms with van der Waals surface area (Å²) >= 11 is 1.69. The third-order valence-corrected chi connectivity index (χ3v) is 5.36. The van der Waals surface area contributed by atoms with Crippen LogP contribution in [-0.4, -0.2) is 10.2 Å². The summed E-state index contributed by atoms with van der Waals surface area (Å²) in [5, 5.41) is 11.2. The van der Waals surface area contributed by atoms with Crippen molar-refractivity contribution >= 4 is 17.2 Å². The quantitative estimate of drug-likeness (QED) is 0.434. The maximum absolute atomic E-state index is 4.61. The summed E-state index contributed by atoms with van der Waals surface area (Å²) in [4.78, 5) is 3.44. The van der Waals surface area contributed by atoms with Crippen LogP contribution in [0.2, 0.25) is 0 Å². The van der Waals surface area contributed by atoms with Gasteiger partial charge in [-0.25, -0.2) is 0 Å². The topological polar surface area (TPSA) is 29.0 Å². The van der Waals surface area contributed by atoms with E-state index in [1.165, 1.54) is 11.1 Å². The standard InChI is InChI=1S/C23H21N3S/c1-18-15-21(22-13-8-14-27-22)24-25-23(18)26(16-19-9-4-2-5-10-19)17-20-11-6-3-7-12-20/h2-15H,16-17H2,1H3. The molecule has 0 saturated carbocycles. The lowest BCUT2D eigenvalue weighted by Gasteiger charge is -2.25. The molecule has 27 heavy (non-hydrogen) atoms. The number of aryl methyl sites for hydroxylation is 1. The van der Waals surface area contributed by atoms with E-state index in [9.17, 15) is 0 Å². The highest BCUT2D eigenvalue weighted by Crippen LogP contribution is 2.27. The summed E-state index contributed by atoms with van der Waals surface area (Å²) in [5.41, 5.74) is 4.60. The van der Waals surface area contributed by atoms with Crippen molar-refractivity contribution in [1.82, 2.24) is 10.2 Å². The maximum Gasteiger partial charge on any atom is 0.154 e. The lowest BCUT2D eigenvalue weighted by molar-refractivity contribution is 0.765. The Morgan fingerprint density at radius 1 is 0.778 bits per heavy atom. The highest BCUT2D eigenvalue weighted by Gasteiger charge is 2.15. The molecule has 0 atom stereocenters. The Morgan fingerprint density at radius 2 is 1.41 bits per heavy atom. The van der Waals surface area contributed by atoms with Gasteiger partial charge in [-0.1, -0.05) is 66.7 Å². The molecule has 0 saturated heterocycles. The minimum absolute atomic E-state index is 0.795. The lowest BCUT2D eigenvalue weighted by atomic mass is 10.1. The third-order valence-electron chi connectivity index (χ3n) is 4.46. The normalized spacial score (nSPS) is 10.7. The zero-order valence-electron chi connectivity index (χ0n) is 15.2. The van der Waals surface area contributed by atoms with Crippen molar-refractivity contribution in [3.63, 3.8) is 0 Å². The lowest BCUT2D eigenvalue weighted by Crippen LogP contribution is -2.24. The Bertz CT molecular complexity index is 941. The molecule has 0 amide bonds. The van der Waals surface area contributed by atoms with Crippen molar-refractivity contribution in [2.45, 2.75) is 20.0 Å². The van der Waals surface area contributed by atoms with Crippen LogP contribution in [0, 0.1) is 6.92 Å². The first-order chi connectivity index (χ1) is 13.3. The van der Waals surface area contributed by atoms with Crippen molar-refractivity contribution in [2.75, 3.05) is 4.90 Å². The molecule has 4 rings (SSSR count). The van der Waals surface area contributed by atoms with E-state index in [-0.39, 0.29) is 0 Å². The molecule has 0 aliphatic carbocycles. The fraction of sp³-hybridized carbons (Fsp3) is 0.130. The average Bonchev–Trinajstić information content (AvgIpc) is 3.24. The predicted molar refractivity (Wildman–Crippen MR) is 113 cm³/mol. The van der Waals surface area contributed by atoms with E-state index in [0.717, 1.165) is 35.0 Å². The molecule has 4 heteroatoms. The van der Waals surface area contributed by atoms with Crippen LogP contribution >= 0.6 is 11.3 Å². The monoisotopic (exact) mass is 371 g/mol. The highest BCUT2D eigenvalue weighted by atomic mass is 32.1. The van der Waals surface area contributed by atoms with Gasteiger partial charge in [0.05, 0.1) is 4.88 Å². The zero-order valence-corrected chi connectivity index (χ0v) is 16.1. The smallest absolute Gasteiger partial charge is 0.154 e. The van der Waals surface area contributed by atoms with Gasteiger partial charge in [-0.05, 0) is 41.1 Å². The average molecular weight is 372 g/mol. The van der Waals surface area contributed by atoms with Crippen molar-refractivity contribution in [3.8, 4) is 10.6 Å². The van der Waals surface area contributed by atoms with Crippen LogP contribution in [0.5, 0.6) is 0 Å². The molecule has 0 aliphatic heterocycles. The number of hydrogen-bond acceptors (Lipinski definition) is 4. The highest BCUT2D eigenvalue weighted by molar-refractivity contribution is 7.13. The van der Waals surface area contributed by atoms with E-state index in [1.54, 1.807) is 11.3 Å². The molecule has 0 spiro atoms. The maximum atomic E-state index is 4.61. The van der Waals surface area contributed by atoms with Gasteiger partial charge in [0.15, 0.2) is 5.82 Å². The molecule has 0 N–H and O–H groups in total. The molecule has 0 aliphatic rings. The van der Waals surface area contributed by atoms with Gasteiger partial charge in [0.25, 0.3) is 0 Å². The zero-order chi connectivity index (χ0) is 18.5. The second-order valence-electron chi connectivity index (χ2n) is 6.54. The molecule has 2 heterocycles. The number of aromatic nitrogens is 2. The summed E-state index contributed by atoms with van der Waals surface area (Å²) in [5.74, 6) is 0.933. The number of anilines is 1. The number of nitrogens with zero attached hydrogens (tertiary/aromatic N) is 3. The van der Waals surface area contributed by atoms with Gasteiger partial charge in [-0.2, -0.15) is 0 Å². The number of thiophene rings is 1. The van der Waals surface area contributed by atoms with Crippen molar-refractivity contribution in [2.24, 2.45) is 0 Å². The van der Waals surface area contributed by atoms with E-state index in [2.05, 4.69) is 88.1 Å². The predicted octanol–water partition coefficient (Wildman–Crippen LogP) is 5.72. The Hall–Kier alpha value is -2.98. The van der Waals surface area contributed by atoms with E-state index >= 15 is 0 Å². The first-order valence-corrected chi connectivity index (χ1v) is 9.88. The SMILES string of the molecule is Cc1cc(-c2cccs2)nnc1N(Cc1ccccc1)Cc1ccccc1. The summed E-state index contributed by atoms with van der Waals surface area (Å²) in [6, 6.07) is 27.3. The first kappa shape index (κ1) is 17.4. The van der Waals surface area contributed by atoms with Crippen LogP contribution in [0.1, 0.15) is 16.7 Å². The van der Waals surface area contributed by atoms with Crippen LogP contribution in [-0.2, 0) is 13.1 Å². The largest absolute Gasteiger partial charge is 0.346 e. The number of rotatable bonds is 6. The Kier molecular flexibility index (Phi) is 5.26. The van der Waals surface area contributed by atoms with Crippen LogP contribution in [0.25, 0.3) is 10.6 Å². The van der Waals surface area contributed by atoms with Crippen LogP contribution < -0.4 is 4.90 Å². The van der Waals surface area contributed by atoms with Crippen LogP contribution in [0.15, 0.2) is 84.2 Å². The molecular weight excluding hydrogens is 350 g/mol. The van der Waals surface area contributed by atoms with Gasteiger partial charge in [-0.15, -0.1) is 21.5 Å². The second-order valence-corrected chi connectivity index (χ2v) is 7.49. The first-order valence-electron chi connectivity index (χ1n) is 9.00. The fourth-order valence-corrected chi connectivity index (χ4v) is 3.83. The molecule has 2 aromatic heterocycles. The van der Waals surface area contributed by atoms with E-state index in [0.29, 0.717) is 0 Å². The van der Waals surface area contributed by atoms with E-state index in [1.807, 2.05) is 18.2 Å². The number of hydrogen-bond donors (Lipinski definition) is 0. The van der Waals surface area contributed by atoms with Gasteiger partial charge < -0.3 is 4.90 Å².